The van der Waals surface area contributed by atoms with E-state index in [4.69, 9.17) is 4.74 Å². The Morgan fingerprint density at radius 1 is 1.19 bits per heavy atom. The van der Waals surface area contributed by atoms with Gasteiger partial charge in [-0.2, -0.15) is 5.10 Å². The van der Waals surface area contributed by atoms with E-state index in [1.807, 2.05) is 16.9 Å². The molecule has 4 rings (SSSR count). The molecule has 1 aromatic carbocycles. The molecule has 1 aromatic heterocycles. The standard InChI is InChI=1S/C20H27N5O/c1-14(2)18-12-23-24-13-22-20(26-17-9-10-21-11-17)25(19(18)24)15(3)16-7-5-4-6-8-16/h4-8,12-15,17,20-21H,9-11H2,1-3H3/t15-,17?,20?/m0/s1. The lowest BCUT2D eigenvalue weighted by molar-refractivity contribution is -0.00318. The number of hydrogen-bond donors (Lipinski definition) is 1. The van der Waals surface area contributed by atoms with E-state index in [9.17, 15) is 0 Å². The van der Waals surface area contributed by atoms with E-state index in [1.54, 1.807) is 6.34 Å². The summed E-state index contributed by atoms with van der Waals surface area (Å²) < 4.78 is 8.27. The van der Waals surface area contributed by atoms with Crippen LogP contribution in [-0.4, -0.2) is 41.7 Å². The number of ether oxygens (including phenoxy) is 1. The average Bonchev–Trinajstić information content (AvgIpc) is 3.31. The SMILES string of the molecule is CC(C)c1cnn2c1N([C@@H](C)c1ccccc1)C(OC1CCNC1)N=C2. The number of hydrogen-bond acceptors (Lipinski definition) is 5. The van der Waals surface area contributed by atoms with Crippen LogP contribution in [0.4, 0.5) is 5.82 Å². The minimum absolute atomic E-state index is 0.126. The smallest absolute Gasteiger partial charge is 0.231 e. The third-order valence-corrected chi connectivity index (χ3v) is 5.23. The number of anilines is 1. The van der Waals surface area contributed by atoms with Crippen LogP contribution in [0.25, 0.3) is 0 Å². The zero-order valence-electron chi connectivity index (χ0n) is 15.7. The molecule has 1 fully saturated rings. The fourth-order valence-corrected chi connectivity index (χ4v) is 3.71. The van der Waals surface area contributed by atoms with Crippen LogP contribution in [0.2, 0.25) is 0 Å². The van der Waals surface area contributed by atoms with Gasteiger partial charge in [0.15, 0.2) is 0 Å². The van der Waals surface area contributed by atoms with Gasteiger partial charge in [-0.05, 0) is 31.4 Å². The number of benzene rings is 1. The van der Waals surface area contributed by atoms with Crippen LogP contribution < -0.4 is 10.2 Å². The number of nitrogens with one attached hydrogen (secondary N) is 1. The van der Waals surface area contributed by atoms with Crippen LogP contribution in [0.1, 0.15) is 50.3 Å². The van der Waals surface area contributed by atoms with Crippen molar-refractivity contribution in [2.45, 2.75) is 51.6 Å². The van der Waals surface area contributed by atoms with Crippen molar-refractivity contribution >= 4 is 12.2 Å². The van der Waals surface area contributed by atoms with Gasteiger partial charge in [-0.1, -0.05) is 44.2 Å². The molecule has 0 amide bonds. The molecule has 6 nitrogen and oxygen atoms in total. The highest BCUT2D eigenvalue weighted by atomic mass is 16.5. The van der Waals surface area contributed by atoms with E-state index in [1.165, 1.54) is 11.1 Å². The summed E-state index contributed by atoms with van der Waals surface area (Å²) in [5.41, 5.74) is 2.46. The zero-order valence-corrected chi connectivity index (χ0v) is 15.7. The van der Waals surface area contributed by atoms with Crippen molar-refractivity contribution in [2.24, 2.45) is 4.99 Å². The Hall–Kier alpha value is -2.18. The molecule has 2 aliphatic heterocycles. The topological polar surface area (TPSA) is 54.7 Å². The Balaban J connectivity index is 1.73. The molecule has 0 radical (unpaired) electrons. The molecule has 1 saturated heterocycles. The maximum Gasteiger partial charge on any atom is 0.231 e. The first-order chi connectivity index (χ1) is 12.6. The molecule has 2 unspecified atom stereocenters. The maximum absolute atomic E-state index is 6.39. The second-order valence-electron chi connectivity index (χ2n) is 7.36. The molecule has 0 aliphatic carbocycles. The summed E-state index contributed by atoms with van der Waals surface area (Å²) in [6.07, 6.45) is 4.63. The second-order valence-corrected chi connectivity index (χ2v) is 7.36. The number of aliphatic imine (C=N–C) groups is 1. The first kappa shape index (κ1) is 17.2. The fourth-order valence-electron chi connectivity index (χ4n) is 3.71. The van der Waals surface area contributed by atoms with E-state index in [2.05, 4.69) is 65.3 Å². The van der Waals surface area contributed by atoms with Crippen molar-refractivity contribution in [1.29, 1.82) is 0 Å². The Labute approximate surface area is 154 Å². The lowest BCUT2D eigenvalue weighted by Gasteiger charge is -2.39. The number of aromatic nitrogens is 2. The zero-order chi connectivity index (χ0) is 18.1. The highest BCUT2D eigenvalue weighted by molar-refractivity contribution is 5.70. The molecule has 26 heavy (non-hydrogen) atoms. The second kappa shape index (κ2) is 7.21. The third kappa shape index (κ3) is 3.15. The monoisotopic (exact) mass is 353 g/mol. The molecule has 3 heterocycles. The summed E-state index contributed by atoms with van der Waals surface area (Å²) in [5, 5.41) is 7.90. The lowest BCUT2D eigenvalue weighted by Crippen LogP contribution is -2.45. The molecule has 1 N–H and O–H groups in total. The normalized spacial score (nSPS) is 23.5. The Kier molecular flexibility index (Phi) is 4.78. The number of rotatable bonds is 5. The summed E-state index contributed by atoms with van der Waals surface area (Å²) in [7, 11) is 0. The van der Waals surface area contributed by atoms with E-state index in [0.29, 0.717) is 5.92 Å². The van der Waals surface area contributed by atoms with E-state index in [0.717, 1.165) is 25.3 Å². The van der Waals surface area contributed by atoms with Gasteiger partial charge in [0.2, 0.25) is 6.35 Å². The molecule has 0 spiro atoms. The van der Waals surface area contributed by atoms with Crippen molar-refractivity contribution in [3.05, 3.63) is 47.7 Å². The molecule has 2 aromatic rings. The van der Waals surface area contributed by atoms with Crippen LogP contribution in [0, 0.1) is 0 Å². The molecule has 0 saturated carbocycles. The van der Waals surface area contributed by atoms with Crippen molar-refractivity contribution < 1.29 is 4.74 Å². The van der Waals surface area contributed by atoms with Crippen LogP contribution in [0.5, 0.6) is 0 Å². The molecule has 0 bridgehead atoms. The predicted octanol–water partition coefficient (Wildman–Crippen LogP) is 3.13. The predicted molar refractivity (Wildman–Crippen MR) is 104 cm³/mol. The highest BCUT2D eigenvalue weighted by Crippen LogP contribution is 2.37. The highest BCUT2D eigenvalue weighted by Gasteiger charge is 2.35. The van der Waals surface area contributed by atoms with Crippen molar-refractivity contribution in [3.8, 4) is 0 Å². The van der Waals surface area contributed by atoms with Crippen LogP contribution in [-0.2, 0) is 4.74 Å². The molecular weight excluding hydrogens is 326 g/mol. The van der Waals surface area contributed by atoms with Crippen LogP contribution >= 0.6 is 0 Å². The first-order valence-electron chi connectivity index (χ1n) is 9.45. The van der Waals surface area contributed by atoms with E-state index >= 15 is 0 Å². The summed E-state index contributed by atoms with van der Waals surface area (Å²) in [6.45, 7) is 8.50. The van der Waals surface area contributed by atoms with Gasteiger partial charge < -0.3 is 15.0 Å². The molecule has 6 heteroatoms. The van der Waals surface area contributed by atoms with Crippen molar-refractivity contribution in [2.75, 3.05) is 18.0 Å². The van der Waals surface area contributed by atoms with E-state index < -0.39 is 0 Å². The van der Waals surface area contributed by atoms with Gasteiger partial charge in [0.05, 0.1) is 18.3 Å². The minimum Gasteiger partial charge on any atom is -0.334 e. The van der Waals surface area contributed by atoms with Gasteiger partial charge in [0.25, 0.3) is 0 Å². The largest absolute Gasteiger partial charge is 0.334 e. The first-order valence-corrected chi connectivity index (χ1v) is 9.45. The summed E-state index contributed by atoms with van der Waals surface area (Å²) in [4.78, 5) is 6.96. The van der Waals surface area contributed by atoms with Gasteiger partial charge in [0, 0.05) is 12.1 Å². The summed E-state index contributed by atoms with van der Waals surface area (Å²) in [5.74, 6) is 1.46. The molecule has 2 aliphatic rings. The van der Waals surface area contributed by atoms with Crippen LogP contribution in [0.15, 0.2) is 41.5 Å². The van der Waals surface area contributed by atoms with Crippen LogP contribution in [0.3, 0.4) is 0 Å². The van der Waals surface area contributed by atoms with Gasteiger partial charge in [0.1, 0.15) is 12.2 Å². The Morgan fingerprint density at radius 2 is 2.00 bits per heavy atom. The summed E-state index contributed by atoms with van der Waals surface area (Å²) in [6, 6.07) is 10.7. The molecule has 3 atom stereocenters. The quantitative estimate of drug-likeness (QED) is 0.897. The number of nitrogens with zero attached hydrogens (tertiary/aromatic N) is 4. The van der Waals surface area contributed by atoms with Crippen molar-refractivity contribution in [1.82, 2.24) is 15.1 Å². The minimum atomic E-state index is -0.336. The van der Waals surface area contributed by atoms with Gasteiger partial charge in [-0.15, -0.1) is 0 Å². The Bertz CT molecular complexity index is 764. The molecule has 138 valence electrons. The van der Waals surface area contributed by atoms with Gasteiger partial charge in [-0.3, -0.25) is 0 Å². The van der Waals surface area contributed by atoms with E-state index in [-0.39, 0.29) is 18.5 Å². The Morgan fingerprint density at radius 3 is 2.69 bits per heavy atom. The maximum atomic E-state index is 6.39. The number of fused-ring (bicyclic) bond motifs is 1. The van der Waals surface area contributed by atoms with Crippen molar-refractivity contribution in [3.63, 3.8) is 0 Å². The molecular formula is C20H27N5O. The average molecular weight is 353 g/mol. The third-order valence-electron chi connectivity index (χ3n) is 5.23. The summed E-state index contributed by atoms with van der Waals surface area (Å²) >= 11 is 0. The fraction of sp³-hybridized carbons (Fsp3) is 0.500. The van der Waals surface area contributed by atoms with Gasteiger partial charge >= 0.3 is 0 Å². The van der Waals surface area contributed by atoms with Gasteiger partial charge in [-0.25, -0.2) is 9.67 Å². The lowest BCUT2D eigenvalue weighted by atomic mass is 10.0.